The van der Waals surface area contributed by atoms with E-state index in [1.807, 2.05) is 6.07 Å². The number of hydrogen-bond donors (Lipinski definition) is 0. The van der Waals surface area contributed by atoms with E-state index in [9.17, 15) is 4.39 Å². The van der Waals surface area contributed by atoms with E-state index in [4.69, 9.17) is 28.5 Å². The van der Waals surface area contributed by atoms with Gasteiger partial charge >= 0.3 is 3.92 Å². The Balaban J connectivity index is 2.41. The van der Waals surface area contributed by atoms with Gasteiger partial charge in [-0.2, -0.15) is 9.65 Å². The van der Waals surface area contributed by atoms with Crippen LogP contribution in [0.2, 0.25) is 0 Å². The lowest BCUT2D eigenvalue weighted by Gasteiger charge is -2.07. The molecule has 0 unspecified atom stereocenters. The molecule has 0 aliphatic carbocycles. The molecule has 18 heavy (non-hydrogen) atoms. The third-order valence-electron chi connectivity index (χ3n) is 2.12. The molecule has 2 aromatic rings. The van der Waals surface area contributed by atoms with Gasteiger partial charge in [0.1, 0.15) is 6.07 Å². The van der Waals surface area contributed by atoms with E-state index in [2.05, 4.69) is 4.98 Å². The highest BCUT2D eigenvalue weighted by atomic mass is 35.5. The number of alkyl halides is 3. The van der Waals surface area contributed by atoms with Crippen LogP contribution >= 0.6 is 35.1 Å². The van der Waals surface area contributed by atoms with Crippen molar-refractivity contribution in [2.75, 3.05) is 0 Å². The molecule has 0 amide bonds. The van der Waals surface area contributed by atoms with E-state index in [1.165, 1.54) is 10.2 Å². The molecule has 0 spiro atoms. The summed E-state index contributed by atoms with van der Waals surface area (Å²) in [4.78, 5) is 3.90. The highest BCUT2D eigenvalue weighted by Gasteiger charge is 2.25. The van der Waals surface area contributed by atoms with Gasteiger partial charge in [-0.3, -0.25) is 8.96 Å². The third kappa shape index (κ3) is 3.16. The molecule has 2 heterocycles. The van der Waals surface area contributed by atoms with Gasteiger partial charge in [-0.15, -0.1) is 0 Å². The van der Waals surface area contributed by atoms with Crippen molar-refractivity contribution in [3.05, 3.63) is 42.5 Å². The molecule has 2 aromatic heterocycles. The highest BCUT2D eigenvalue weighted by molar-refractivity contribution is 8.01. The second kappa shape index (κ2) is 5.19. The van der Waals surface area contributed by atoms with Crippen molar-refractivity contribution in [3.8, 4) is 17.2 Å². The van der Waals surface area contributed by atoms with E-state index < -0.39 is 3.92 Å². The van der Waals surface area contributed by atoms with Crippen molar-refractivity contribution in [2.24, 2.45) is 0 Å². The van der Waals surface area contributed by atoms with Crippen molar-refractivity contribution < 1.29 is 4.39 Å². The molecular weight excluding hydrogens is 296 g/mol. The zero-order valence-electron chi connectivity index (χ0n) is 8.85. The molecule has 0 radical (unpaired) electrons. The molecule has 0 aromatic carbocycles. The van der Waals surface area contributed by atoms with Gasteiger partial charge in [0.15, 0.2) is 0 Å². The molecular formula is C11H6Cl2FN3S. The number of halogens is 3. The summed E-state index contributed by atoms with van der Waals surface area (Å²) in [5.41, 5.74) is 1.89. The largest absolute Gasteiger partial charge is 0.323 e. The van der Waals surface area contributed by atoms with E-state index in [0.717, 1.165) is 5.56 Å². The monoisotopic (exact) mass is 301 g/mol. The topological polar surface area (TPSA) is 41.6 Å². The molecule has 0 bridgehead atoms. The zero-order chi connectivity index (χ0) is 13.2. The standard InChI is InChI=1S/C11H6Cl2FN3S/c12-11(13,14)18-17-6-9(5-15)10(7-17)8-1-3-16-4-2-8/h1-4,6-7H. The Morgan fingerprint density at radius 3 is 2.56 bits per heavy atom. The minimum Gasteiger partial charge on any atom is -0.292 e. The van der Waals surface area contributed by atoms with Gasteiger partial charge in [-0.1, -0.05) is 23.2 Å². The minimum atomic E-state index is -2.44. The Morgan fingerprint density at radius 2 is 2.00 bits per heavy atom. The van der Waals surface area contributed by atoms with Crippen molar-refractivity contribution in [1.82, 2.24) is 8.96 Å². The Morgan fingerprint density at radius 1 is 1.33 bits per heavy atom. The quantitative estimate of drug-likeness (QED) is 0.805. The second-order valence-electron chi connectivity index (χ2n) is 3.33. The van der Waals surface area contributed by atoms with Gasteiger partial charge in [-0.25, -0.2) is 0 Å². The first-order valence-electron chi connectivity index (χ1n) is 4.78. The summed E-state index contributed by atoms with van der Waals surface area (Å²) in [7, 11) is 0. The fraction of sp³-hybridized carbons (Fsp3) is 0.0909. The van der Waals surface area contributed by atoms with Gasteiger partial charge in [0.25, 0.3) is 0 Å². The number of pyridine rings is 1. The lowest BCUT2D eigenvalue weighted by Crippen LogP contribution is -1.99. The first kappa shape index (κ1) is 13.2. The van der Waals surface area contributed by atoms with Crippen LogP contribution in [0.4, 0.5) is 4.39 Å². The lowest BCUT2D eigenvalue weighted by atomic mass is 10.1. The van der Waals surface area contributed by atoms with Crippen molar-refractivity contribution in [1.29, 1.82) is 5.26 Å². The number of aromatic nitrogens is 2. The van der Waals surface area contributed by atoms with Crippen LogP contribution in [0, 0.1) is 11.3 Å². The first-order chi connectivity index (χ1) is 8.49. The average Bonchev–Trinajstić information content (AvgIpc) is 2.71. The SMILES string of the molecule is N#Cc1cn(SC(F)(Cl)Cl)cc1-c1ccncc1. The highest BCUT2D eigenvalue weighted by Crippen LogP contribution is 2.38. The maximum Gasteiger partial charge on any atom is 0.323 e. The molecule has 0 saturated carbocycles. The molecule has 0 saturated heterocycles. The number of rotatable bonds is 3. The smallest absolute Gasteiger partial charge is 0.292 e. The van der Waals surface area contributed by atoms with Gasteiger partial charge < -0.3 is 0 Å². The van der Waals surface area contributed by atoms with E-state index in [1.54, 1.807) is 30.7 Å². The van der Waals surface area contributed by atoms with Crippen LogP contribution in [0.25, 0.3) is 11.1 Å². The third-order valence-corrected chi connectivity index (χ3v) is 3.17. The molecule has 7 heteroatoms. The summed E-state index contributed by atoms with van der Waals surface area (Å²) in [6, 6.07) is 5.56. The zero-order valence-corrected chi connectivity index (χ0v) is 11.2. The van der Waals surface area contributed by atoms with Gasteiger partial charge in [0.05, 0.1) is 5.56 Å². The number of hydrogen-bond acceptors (Lipinski definition) is 3. The molecule has 0 fully saturated rings. The first-order valence-corrected chi connectivity index (χ1v) is 6.31. The van der Waals surface area contributed by atoms with Crippen LogP contribution in [-0.2, 0) is 0 Å². The summed E-state index contributed by atoms with van der Waals surface area (Å²) in [6.07, 6.45) is 6.30. The second-order valence-corrected chi connectivity index (χ2v) is 6.18. The molecule has 0 aliphatic rings. The van der Waals surface area contributed by atoms with Crippen molar-refractivity contribution in [2.45, 2.75) is 3.92 Å². The summed E-state index contributed by atoms with van der Waals surface area (Å²) in [6.45, 7) is 0. The molecule has 2 rings (SSSR count). The van der Waals surface area contributed by atoms with Crippen molar-refractivity contribution in [3.63, 3.8) is 0 Å². The Hall–Kier alpha value is -1.22. The van der Waals surface area contributed by atoms with E-state index >= 15 is 0 Å². The molecule has 0 N–H and O–H groups in total. The van der Waals surface area contributed by atoms with E-state index in [0.29, 0.717) is 23.1 Å². The maximum atomic E-state index is 13.1. The summed E-state index contributed by atoms with van der Waals surface area (Å²) in [5, 5.41) is 9.04. The van der Waals surface area contributed by atoms with Gasteiger partial charge in [-0.05, 0) is 17.7 Å². The normalized spacial score (nSPS) is 11.2. The molecule has 0 aliphatic heterocycles. The molecule has 92 valence electrons. The number of nitriles is 1. The number of nitrogens with zero attached hydrogens (tertiary/aromatic N) is 3. The molecule has 0 atom stereocenters. The predicted molar refractivity (Wildman–Crippen MR) is 70.9 cm³/mol. The van der Waals surface area contributed by atoms with E-state index in [-0.39, 0.29) is 0 Å². The predicted octanol–water partition coefficient (Wildman–Crippen LogP) is 3.98. The van der Waals surface area contributed by atoms with Gasteiger partial charge in [0.2, 0.25) is 0 Å². The Kier molecular flexibility index (Phi) is 3.81. The average molecular weight is 302 g/mol. The minimum absolute atomic E-state index is 0.409. The molecule has 3 nitrogen and oxygen atoms in total. The van der Waals surface area contributed by atoms with Crippen LogP contribution in [0.1, 0.15) is 5.56 Å². The Labute approximate surface area is 117 Å². The fourth-order valence-corrected chi connectivity index (χ4v) is 2.49. The summed E-state index contributed by atoms with van der Waals surface area (Å²) in [5.74, 6) is 0. The lowest BCUT2D eigenvalue weighted by molar-refractivity contribution is 0.514. The van der Waals surface area contributed by atoms with Crippen LogP contribution in [0.5, 0.6) is 0 Å². The summed E-state index contributed by atoms with van der Waals surface area (Å²) >= 11 is 11.1. The maximum absolute atomic E-state index is 13.1. The van der Waals surface area contributed by atoms with Crippen LogP contribution in [0.3, 0.4) is 0 Å². The van der Waals surface area contributed by atoms with Crippen LogP contribution in [0.15, 0.2) is 36.9 Å². The fourth-order valence-electron chi connectivity index (χ4n) is 1.45. The van der Waals surface area contributed by atoms with Crippen LogP contribution in [-0.4, -0.2) is 12.9 Å². The summed E-state index contributed by atoms with van der Waals surface area (Å²) < 4.78 is 12.0. The van der Waals surface area contributed by atoms with Crippen molar-refractivity contribution >= 4 is 35.1 Å². The Bertz CT molecular complexity index is 587. The van der Waals surface area contributed by atoms with Crippen LogP contribution < -0.4 is 0 Å². The van der Waals surface area contributed by atoms with Gasteiger partial charge in [0, 0.05) is 42.3 Å².